The van der Waals surface area contributed by atoms with Crippen molar-refractivity contribution >= 4 is 44.2 Å². The molecule has 84 valence electrons. The van der Waals surface area contributed by atoms with Crippen LogP contribution in [0.2, 0.25) is 0 Å². The predicted octanol–water partition coefficient (Wildman–Crippen LogP) is 2.33. The van der Waals surface area contributed by atoms with Gasteiger partial charge in [0.15, 0.2) is 0 Å². The summed E-state index contributed by atoms with van der Waals surface area (Å²) >= 11 is 10.5. The van der Waals surface area contributed by atoms with Gasteiger partial charge >= 0.3 is 6.00 Å². The third-order valence-corrected chi connectivity index (χ3v) is 3.40. The van der Waals surface area contributed by atoms with Crippen LogP contribution in [-0.2, 0) is 14.6 Å². The summed E-state index contributed by atoms with van der Waals surface area (Å²) in [5.74, 6) is -3.43. The van der Waals surface area contributed by atoms with E-state index in [1.165, 1.54) is 24.3 Å². The Morgan fingerprint density at radius 2 is 1.67 bits per heavy atom. The highest BCUT2D eigenvalue weighted by molar-refractivity contribution is 8.09. The number of halogens is 2. The zero-order valence-electron chi connectivity index (χ0n) is 7.22. The lowest BCUT2D eigenvalue weighted by Gasteiger charge is -2.06. The van der Waals surface area contributed by atoms with Crippen LogP contribution in [0.3, 0.4) is 0 Å². The van der Waals surface area contributed by atoms with E-state index < -0.39 is 16.0 Å². The van der Waals surface area contributed by atoms with Crippen LogP contribution in [0.25, 0.3) is 0 Å². The van der Waals surface area contributed by atoms with Gasteiger partial charge in [-0.05, 0) is 46.7 Å². The number of anilines is 1. The van der Waals surface area contributed by atoms with Crippen molar-refractivity contribution in [2.24, 2.45) is 5.14 Å². The van der Waals surface area contributed by atoms with Crippen LogP contribution in [-0.4, -0.2) is 8.42 Å². The van der Waals surface area contributed by atoms with Crippen molar-refractivity contribution in [3.63, 3.8) is 0 Å². The molecular weight excluding hydrogens is 282 g/mol. The summed E-state index contributed by atoms with van der Waals surface area (Å²) < 4.78 is 32.7. The lowest BCUT2D eigenvalue weighted by atomic mass is 10.3. The first-order valence-corrected chi connectivity index (χ1v) is 8.65. The minimum absolute atomic E-state index is 0.0490. The maximum atomic E-state index is 10.9. The van der Waals surface area contributed by atoms with E-state index in [9.17, 15) is 13.0 Å². The first-order valence-electron chi connectivity index (χ1n) is 3.59. The number of sulfonamides is 1. The monoisotopic (exact) mass is 288 g/mol. The molecule has 15 heavy (non-hydrogen) atoms. The molecule has 0 fully saturated rings. The van der Waals surface area contributed by atoms with Crippen molar-refractivity contribution in [2.75, 3.05) is 5.09 Å². The van der Waals surface area contributed by atoms with Gasteiger partial charge < -0.3 is 5.09 Å². The zero-order valence-corrected chi connectivity index (χ0v) is 10.4. The number of nitrogens with one attached hydrogen (secondary N) is 1. The molecule has 0 aliphatic heterocycles. The Morgan fingerprint density at radius 1 is 1.20 bits per heavy atom. The Hall–Kier alpha value is -0.260. The Morgan fingerprint density at radius 3 is 2.00 bits per heavy atom. The number of rotatable bonds is 3. The van der Waals surface area contributed by atoms with E-state index >= 15 is 0 Å². The topological polar surface area (TPSA) is 89.3 Å². The smallest absolute Gasteiger partial charge is 0.313 e. The Balaban J connectivity index is 2.97. The van der Waals surface area contributed by atoms with Gasteiger partial charge in [-0.15, -0.1) is 0 Å². The summed E-state index contributed by atoms with van der Waals surface area (Å²) in [5.41, 5.74) is 0.343. The van der Waals surface area contributed by atoms with E-state index in [0.717, 1.165) is 0 Å². The fourth-order valence-corrected chi connectivity index (χ4v) is 2.42. The Kier molecular flexibility index (Phi) is 3.68. The molecule has 0 spiro atoms. The van der Waals surface area contributed by atoms with Gasteiger partial charge in [-0.3, -0.25) is 4.57 Å². The maximum Gasteiger partial charge on any atom is 0.343 e. The van der Waals surface area contributed by atoms with Crippen molar-refractivity contribution in [3.8, 4) is 0 Å². The minimum Gasteiger partial charge on any atom is -0.313 e. The van der Waals surface area contributed by atoms with Crippen LogP contribution in [0.15, 0.2) is 29.2 Å². The molecule has 1 aromatic rings. The molecule has 0 saturated heterocycles. The molecule has 0 aromatic heterocycles. The normalized spacial score (nSPS) is 12.5. The van der Waals surface area contributed by atoms with Crippen molar-refractivity contribution in [1.29, 1.82) is 0 Å². The maximum absolute atomic E-state index is 10.9. The minimum atomic E-state index is -3.73. The average Bonchev–Trinajstić information content (AvgIpc) is 2.00. The molecule has 3 N–H and O–H groups in total. The molecule has 0 amide bonds. The number of primary sulfonamides is 1. The first-order chi connectivity index (χ1) is 6.68. The quantitative estimate of drug-likeness (QED) is 0.836. The van der Waals surface area contributed by atoms with Crippen molar-refractivity contribution in [3.05, 3.63) is 24.3 Å². The summed E-state index contributed by atoms with van der Waals surface area (Å²) in [6.45, 7) is 0. The Bertz CT molecular complexity index is 496. The molecule has 0 aliphatic carbocycles. The van der Waals surface area contributed by atoms with Crippen LogP contribution >= 0.6 is 28.5 Å². The van der Waals surface area contributed by atoms with Gasteiger partial charge in [0.1, 0.15) is 0 Å². The highest BCUT2D eigenvalue weighted by Crippen LogP contribution is 2.55. The molecule has 0 saturated carbocycles. The molecule has 0 heterocycles. The SMILES string of the molecule is NS(=O)(=O)c1ccc(NP(=O)(Cl)Cl)cc1. The molecule has 0 bridgehead atoms. The average molecular weight is 289 g/mol. The second-order valence-electron chi connectivity index (χ2n) is 2.64. The van der Waals surface area contributed by atoms with Gasteiger partial charge in [0, 0.05) is 5.69 Å². The molecule has 5 nitrogen and oxygen atoms in total. The van der Waals surface area contributed by atoms with Crippen molar-refractivity contribution in [2.45, 2.75) is 4.90 Å². The van der Waals surface area contributed by atoms with Crippen molar-refractivity contribution < 1.29 is 13.0 Å². The lowest BCUT2D eigenvalue weighted by molar-refractivity contribution is 0.595. The zero-order chi connectivity index (χ0) is 11.7. The molecule has 0 aliphatic rings. The molecule has 0 unspecified atom stereocenters. The second-order valence-corrected chi connectivity index (χ2v) is 8.73. The van der Waals surface area contributed by atoms with Crippen LogP contribution < -0.4 is 10.2 Å². The van der Waals surface area contributed by atoms with Gasteiger partial charge in [0.05, 0.1) is 4.90 Å². The van der Waals surface area contributed by atoms with Crippen LogP contribution in [0.4, 0.5) is 5.69 Å². The van der Waals surface area contributed by atoms with Gasteiger partial charge in [-0.25, -0.2) is 13.6 Å². The summed E-state index contributed by atoms with van der Waals surface area (Å²) in [6.07, 6.45) is 0. The van der Waals surface area contributed by atoms with Gasteiger partial charge in [0.25, 0.3) is 0 Å². The first kappa shape index (κ1) is 12.8. The fraction of sp³-hybridized carbons (Fsp3) is 0. The highest BCUT2D eigenvalue weighted by Gasteiger charge is 2.13. The van der Waals surface area contributed by atoms with Gasteiger partial charge in [-0.2, -0.15) is 0 Å². The number of benzene rings is 1. The van der Waals surface area contributed by atoms with Crippen LogP contribution in [0, 0.1) is 0 Å². The van der Waals surface area contributed by atoms with Crippen LogP contribution in [0.1, 0.15) is 0 Å². The molecule has 0 radical (unpaired) electrons. The third-order valence-electron chi connectivity index (χ3n) is 1.44. The van der Waals surface area contributed by atoms with E-state index in [2.05, 4.69) is 5.09 Å². The van der Waals surface area contributed by atoms with E-state index in [1.807, 2.05) is 0 Å². The van der Waals surface area contributed by atoms with Crippen molar-refractivity contribution in [1.82, 2.24) is 0 Å². The summed E-state index contributed by atoms with van der Waals surface area (Å²) in [5, 5.41) is 7.19. The fourth-order valence-electron chi connectivity index (χ4n) is 0.869. The summed E-state index contributed by atoms with van der Waals surface area (Å²) in [4.78, 5) is -0.0490. The lowest BCUT2D eigenvalue weighted by Crippen LogP contribution is -2.11. The second kappa shape index (κ2) is 4.31. The molecule has 1 aromatic carbocycles. The highest BCUT2D eigenvalue weighted by atomic mass is 35.9. The van der Waals surface area contributed by atoms with Gasteiger partial charge in [-0.1, -0.05) is 0 Å². The number of nitrogens with two attached hydrogens (primary N) is 1. The molecular formula is C6H7Cl2N2O3PS. The van der Waals surface area contributed by atoms with E-state index in [0.29, 0.717) is 5.69 Å². The van der Waals surface area contributed by atoms with Crippen LogP contribution in [0.5, 0.6) is 0 Å². The molecule has 1 rings (SSSR count). The number of hydrogen-bond acceptors (Lipinski definition) is 3. The third kappa shape index (κ3) is 4.40. The molecule has 9 heteroatoms. The van der Waals surface area contributed by atoms with E-state index in [4.69, 9.17) is 27.6 Å². The standard InChI is InChI=1S/C6H7Cl2N2O3PS/c7-14(8,11)10-5-1-3-6(4-2-5)15(9,12)13/h1-4H,(H,10,11)(H2,9,12,13). The van der Waals surface area contributed by atoms with Gasteiger partial charge in [0.2, 0.25) is 10.0 Å². The summed E-state index contributed by atoms with van der Waals surface area (Å²) in [7, 11) is -3.73. The number of hydrogen-bond donors (Lipinski definition) is 2. The predicted molar refractivity (Wildman–Crippen MR) is 60.8 cm³/mol. The Labute approximate surface area is 96.6 Å². The van der Waals surface area contributed by atoms with E-state index in [-0.39, 0.29) is 4.90 Å². The van der Waals surface area contributed by atoms with E-state index in [1.54, 1.807) is 0 Å². The largest absolute Gasteiger partial charge is 0.343 e. The molecule has 0 atom stereocenters. The summed E-state index contributed by atoms with van der Waals surface area (Å²) in [6, 6.07) is 5.22.